The lowest BCUT2D eigenvalue weighted by atomic mass is 10.1. The maximum atomic E-state index is 9.37. The van der Waals surface area contributed by atoms with E-state index < -0.39 is 6.29 Å². The zero-order chi connectivity index (χ0) is 12.1. The van der Waals surface area contributed by atoms with Gasteiger partial charge < -0.3 is 14.6 Å². The highest BCUT2D eigenvalue weighted by Crippen LogP contribution is 2.20. The predicted octanol–water partition coefficient (Wildman–Crippen LogP) is 2.37. The molecule has 0 heterocycles. The summed E-state index contributed by atoms with van der Waals surface area (Å²) in [6.07, 6.45) is -0.877. The molecule has 2 rings (SSSR count). The van der Waals surface area contributed by atoms with Gasteiger partial charge in [-0.2, -0.15) is 0 Å². The number of hydrogen-bond acceptors (Lipinski definition) is 3. The molecule has 1 unspecified atom stereocenters. The van der Waals surface area contributed by atoms with Crippen molar-refractivity contribution < 1.29 is 14.6 Å². The van der Waals surface area contributed by atoms with Crippen LogP contribution >= 0.6 is 0 Å². The van der Waals surface area contributed by atoms with Crippen LogP contribution in [0.5, 0.6) is 5.75 Å². The van der Waals surface area contributed by atoms with Gasteiger partial charge in [0.1, 0.15) is 12.4 Å². The molecule has 0 saturated carbocycles. The molecule has 2 aromatic rings. The van der Waals surface area contributed by atoms with E-state index in [1.165, 1.54) is 0 Å². The van der Waals surface area contributed by atoms with Crippen LogP contribution in [0.3, 0.4) is 0 Å². The van der Waals surface area contributed by atoms with Gasteiger partial charge in [0.2, 0.25) is 0 Å². The predicted molar refractivity (Wildman–Crippen MR) is 65.9 cm³/mol. The molecule has 0 fully saturated rings. The van der Waals surface area contributed by atoms with Crippen molar-refractivity contribution in [2.24, 2.45) is 0 Å². The van der Waals surface area contributed by atoms with Crippen molar-refractivity contribution in [1.29, 1.82) is 0 Å². The molecular formula is C14H15O3. The van der Waals surface area contributed by atoms with E-state index in [9.17, 15) is 5.11 Å². The van der Waals surface area contributed by atoms with E-state index >= 15 is 0 Å². The molecule has 0 bridgehead atoms. The highest BCUT2D eigenvalue weighted by Gasteiger charge is 2.04. The summed E-state index contributed by atoms with van der Waals surface area (Å²) in [5.74, 6) is 0.718. The number of aliphatic hydroxyl groups is 1. The van der Waals surface area contributed by atoms with E-state index in [4.69, 9.17) is 9.47 Å². The maximum absolute atomic E-state index is 9.37. The molecule has 3 nitrogen and oxygen atoms in total. The van der Waals surface area contributed by atoms with Crippen molar-refractivity contribution in [3.63, 3.8) is 0 Å². The number of ether oxygens (including phenoxy) is 2. The summed E-state index contributed by atoms with van der Waals surface area (Å²) in [7, 11) is 0. The molecule has 89 valence electrons. The van der Waals surface area contributed by atoms with Gasteiger partial charge in [-0.15, -0.1) is 0 Å². The standard InChI is InChI=1S/C14H15O3/c1-2-16-14(15)10-17-13-8-7-11-5-3-4-6-12(11)9-13/h3,5-9,14-15H,2,10H2,1H3. The Labute approximate surface area is 101 Å². The van der Waals surface area contributed by atoms with Crippen LogP contribution in [0.4, 0.5) is 0 Å². The molecule has 0 saturated heterocycles. The summed E-state index contributed by atoms with van der Waals surface area (Å²) in [6.45, 7) is 2.43. The van der Waals surface area contributed by atoms with Gasteiger partial charge in [0.15, 0.2) is 6.29 Å². The van der Waals surface area contributed by atoms with Crippen molar-refractivity contribution in [1.82, 2.24) is 0 Å². The number of hydrogen-bond donors (Lipinski definition) is 1. The molecule has 0 amide bonds. The average molecular weight is 231 g/mol. The quantitative estimate of drug-likeness (QED) is 0.803. The zero-order valence-electron chi connectivity index (χ0n) is 9.72. The number of fused-ring (bicyclic) bond motifs is 1. The van der Waals surface area contributed by atoms with Gasteiger partial charge >= 0.3 is 0 Å². The van der Waals surface area contributed by atoms with Crippen molar-refractivity contribution in [2.45, 2.75) is 13.2 Å². The van der Waals surface area contributed by atoms with E-state index in [0.717, 1.165) is 16.5 Å². The van der Waals surface area contributed by atoms with Crippen LogP contribution in [-0.4, -0.2) is 24.6 Å². The molecule has 0 spiro atoms. The van der Waals surface area contributed by atoms with E-state index in [2.05, 4.69) is 6.07 Å². The van der Waals surface area contributed by atoms with Gasteiger partial charge in [-0.3, -0.25) is 0 Å². The molecule has 3 heteroatoms. The third-order valence-electron chi connectivity index (χ3n) is 2.41. The van der Waals surface area contributed by atoms with Crippen molar-refractivity contribution in [2.75, 3.05) is 13.2 Å². The van der Waals surface area contributed by atoms with Gasteiger partial charge in [0.25, 0.3) is 0 Å². The van der Waals surface area contributed by atoms with Gasteiger partial charge in [-0.25, -0.2) is 0 Å². The SMILES string of the molecule is CCOC(O)COc1ccc2cc[c]cc2c1. The third kappa shape index (κ3) is 3.19. The van der Waals surface area contributed by atoms with E-state index in [1.807, 2.05) is 43.3 Å². The van der Waals surface area contributed by atoms with Gasteiger partial charge in [-0.05, 0) is 42.0 Å². The van der Waals surface area contributed by atoms with Crippen LogP contribution in [0.2, 0.25) is 0 Å². The normalized spacial score (nSPS) is 12.6. The number of benzene rings is 2. The fourth-order valence-corrected chi connectivity index (χ4v) is 1.60. The molecule has 0 aliphatic rings. The Morgan fingerprint density at radius 3 is 3.00 bits per heavy atom. The Hall–Kier alpha value is -1.58. The van der Waals surface area contributed by atoms with Crippen molar-refractivity contribution in [3.8, 4) is 5.75 Å². The minimum atomic E-state index is -0.877. The third-order valence-corrected chi connectivity index (χ3v) is 2.41. The van der Waals surface area contributed by atoms with E-state index in [0.29, 0.717) is 6.61 Å². The summed E-state index contributed by atoms with van der Waals surface area (Å²) in [5.41, 5.74) is 0. The molecule has 0 aliphatic carbocycles. The highest BCUT2D eigenvalue weighted by atomic mass is 16.6. The summed E-state index contributed by atoms with van der Waals surface area (Å²) >= 11 is 0. The minimum absolute atomic E-state index is 0.135. The monoisotopic (exact) mass is 231 g/mol. The first kappa shape index (κ1) is 11.9. The second-order valence-corrected chi connectivity index (χ2v) is 3.66. The topological polar surface area (TPSA) is 38.7 Å². The van der Waals surface area contributed by atoms with Crippen LogP contribution in [0.25, 0.3) is 10.8 Å². The molecule has 0 aromatic heterocycles. The van der Waals surface area contributed by atoms with Crippen LogP contribution in [-0.2, 0) is 4.74 Å². The van der Waals surface area contributed by atoms with Crippen LogP contribution < -0.4 is 4.74 Å². The average Bonchev–Trinajstić information content (AvgIpc) is 2.36. The first-order valence-electron chi connectivity index (χ1n) is 5.62. The summed E-state index contributed by atoms with van der Waals surface area (Å²) in [5, 5.41) is 11.6. The maximum Gasteiger partial charge on any atom is 0.189 e. The van der Waals surface area contributed by atoms with E-state index in [-0.39, 0.29) is 6.61 Å². The lowest BCUT2D eigenvalue weighted by molar-refractivity contribution is -0.115. The van der Waals surface area contributed by atoms with Crippen LogP contribution in [0, 0.1) is 6.07 Å². The van der Waals surface area contributed by atoms with Crippen LogP contribution in [0.1, 0.15) is 6.92 Å². The Kier molecular flexibility index (Phi) is 3.96. The van der Waals surface area contributed by atoms with Crippen molar-refractivity contribution >= 4 is 10.8 Å². The smallest absolute Gasteiger partial charge is 0.189 e. The molecular weight excluding hydrogens is 216 g/mol. The molecule has 2 aromatic carbocycles. The zero-order valence-corrected chi connectivity index (χ0v) is 9.72. The van der Waals surface area contributed by atoms with Crippen molar-refractivity contribution in [3.05, 3.63) is 42.5 Å². The second kappa shape index (κ2) is 5.66. The lowest BCUT2D eigenvalue weighted by Crippen LogP contribution is -2.20. The number of rotatable bonds is 5. The Morgan fingerprint density at radius 2 is 2.18 bits per heavy atom. The van der Waals surface area contributed by atoms with Gasteiger partial charge in [0.05, 0.1) is 0 Å². The van der Waals surface area contributed by atoms with E-state index in [1.54, 1.807) is 0 Å². The molecule has 17 heavy (non-hydrogen) atoms. The number of aliphatic hydroxyl groups excluding tert-OH is 1. The van der Waals surface area contributed by atoms with Gasteiger partial charge in [-0.1, -0.05) is 18.2 Å². The fraction of sp³-hybridized carbons (Fsp3) is 0.286. The Morgan fingerprint density at radius 1 is 1.29 bits per heavy atom. The Balaban J connectivity index is 2.04. The summed E-state index contributed by atoms with van der Waals surface area (Å²) < 4.78 is 10.4. The molecule has 0 aliphatic heterocycles. The van der Waals surface area contributed by atoms with Crippen LogP contribution in [0.15, 0.2) is 36.4 Å². The Bertz CT molecular complexity index is 482. The second-order valence-electron chi connectivity index (χ2n) is 3.66. The highest BCUT2D eigenvalue weighted by molar-refractivity contribution is 5.83. The summed E-state index contributed by atoms with van der Waals surface area (Å²) in [6, 6.07) is 14.6. The fourth-order valence-electron chi connectivity index (χ4n) is 1.60. The summed E-state index contributed by atoms with van der Waals surface area (Å²) in [4.78, 5) is 0. The minimum Gasteiger partial charge on any atom is -0.488 e. The lowest BCUT2D eigenvalue weighted by Gasteiger charge is -2.12. The van der Waals surface area contributed by atoms with Gasteiger partial charge in [0, 0.05) is 6.61 Å². The molecule has 1 radical (unpaired) electrons. The molecule has 1 atom stereocenters. The first-order valence-corrected chi connectivity index (χ1v) is 5.62. The first-order chi connectivity index (χ1) is 8.29. The largest absolute Gasteiger partial charge is 0.488 e. The molecule has 1 N–H and O–H groups in total.